The molecule has 0 spiro atoms. The maximum absolute atomic E-state index is 5.24. The van der Waals surface area contributed by atoms with Gasteiger partial charge in [0, 0.05) is 11.4 Å². The van der Waals surface area contributed by atoms with E-state index in [2.05, 4.69) is 19.2 Å². The van der Waals surface area contributed by atoms with Crippen LogP contribution in [0.4, 0.5) is 0 Å². The number of thiol groups is 1. The van der Waals surface area contributed by atoms with Crippen LogP contribution in [0.2, 0.25) is 0 Å². The van der Waals surface area contributed by atoms with Crippen LogP contribution in [-0.4, -0.2) is 5.75 Å². The highest BCUT2D eigenvalue weighted by molar-refractivity contribution is 7.80. The molecule has 0 amide bonds. The lowest BCUT2D eigenvalue weighted by Gasteiger charge is -1.80. The van der Waals surface area contributed by atoms with Crippen LogP contribution in [0.5, 0.6) is 0 Å². The summed E-state index contributed by atoms with van der Waals surface area (Å²) in [5.41, 5.74) is 5.81. The molecular formula is C7H11NS. The molecule has 0 aromatic carbocycles. The second kappa shape index (κ2) is 5.51. The molecule has 0 aliphatic rings. The van der Waals surface area contributed by atoms with Gasteiger partial charge < -0.3 is 5.73 Å². The van der Waals surface area contributed by atoms with Crippen molar-refractivity contribution in [2.45, 2.75) is 0 Å². The standard InChI is InChI=1S/C7H11NS/c1-7(8)5-3-2-4-6-9/h2-5,9H,1,6,8H2/b4-2-,5-3-. The van der Waals surface area contributed by atoms with Crippen molar-refractivity contribution in [2.75, 3.05) is 5.75 Å². The Morgan fingerprint density at radius 1 is 1.56 bits per heavy atom. The Labute approximate surface area is 61.4 Å². The fourth-order valence-electron chi connectivity index (χ4n) is 0.319. The molecule has 0 aromatic rings. The van der Waals surface area contributed by atoms with Crippen molar-refractivity contribution in [2.24, 2.45) is 5.73 Å². The molecule has 2 heteroatoms. The van der Waals surface area contributed by atoms with Crippen molar-refractivity contribution < 1.29 is 0 Å². The normalized spacial score (nSPS) is 11.2. The third kappa shape index (κ3) is 7.37. The van der Waals surface area contributed by atoms with Crippen LogP contribution < -0.4 is 5.73 Å². The third-order valence-corrected chi connectivity index (χ3v) is 0.874. The molecule has 0 bridgehead atoms. The van der Waals surface area contributed by atoms with Crippen molar-refractivity contribution in [1.29, 1.82) is 0 Å². The molecule has 0 aliphatic carbocycles. The van der Waals surface area contributed by atoms with Gasteiger partial charge in [-0.1, -0.05) is 24.8 Å². The smallest absolute Gasteiger partial charge is 0.0240 e. The first-order chi connectivity index (χ1) is 4.27. The number of hydrogen-bond acceptors (Lipinski definition) is 2. The highest BCUT2D eigenvalue weighted by atomic mass is 32.1. The zero-order valence-corrected chi connectivity index (χ0v) is 6.14. The van der Waals surface area contributed by atoms with E-state index < -0.39 is 0 Å². The minimum Gasteiger partial charge on any atom is -0.399 e. The van der Waals surface area contributed by atoms with Gasteiger partial charge in [-0.05, 0) is 6.08 Å². The Morgan fingerprint density at radius 3 is 2.67 bits per heavy atom. The minimum absolute atomic E-state index is 0.568. The number of nitrogens with two attached hydrogens (primary N) is 1. The molecule has 50 valence electrons. The molecule has 0 aliphatic heterocycles. The number of allylic oxidation sites excluding steroid dienone is 3. The van der Waals surface area contributed by atoms with Gasteiger partial charge in [0.2, 0.25) is 0 Å². The number of hydrogen-bond donors (Lipinski definition) is 2. The van der Waals surface area contributed by atoms with Gasteiger partial charge in [-0.25, -0.2) is 0 Å². The quantitative estimate of drug-likeness (QED) is 0.452. The SMILES string of the molecule is C=C(N)/C=C\C=C/CS. The molecule has 0 fully saturated rings. The Kier molecular flexibility index (Phi) is 5.12. The van der Waals surface area contributed by atoms with E-state index in [4.69, 9.17) is 5.73 Å². The molecule has 0 atom stereocenters. The van der Waals surface area contributed by atoms with Gasteiger partial charge in [-0.2, -0.15) is 12.6 Å². The lowest BCUT2D eigenvalue weighted by Crippen LogP contribution is -1.87. The largest absolute Gasteiger partial charge is 0.399 e. The van der Waals surface area contributed by atoms with Crippen molar-refractivity contribution in [1.82, 2.24) is 0 Å². The summed E-state index contributed by atoms with van der Waals surface area (Å²) in [7, 11) is 0. The molecule has 0 radical (unpaired) electrons. The average Bonchev–Trinajstić information content (AvgIpc) is 1.80. The average molecular weight is 141 g/mol. The van der Waals surface area contributed by atoms with Crippen LogP contribution in [0.1, 0.15) is 0 Å². The molecule has 0 rings (SSSR count). The fourth-order valence-corrected chi connectivity index (χ4v) is 0.440. The fraction of sp³-hybridized carbons (Fsp3) is 0.143. The van der Waals surface area contributed by atoms with E-state index in [-0.39, 0.29) is 0 Å². The van der Waals surface area contributed by atoms with Crippen molar-refractivity contribution in [3.8, 4) is 0 Å². The first kappa shape index (κ1) is 8.37. The number of rotatable bonds is 3. The molecule has 0 saturated carbocycles. The van der Waals surface area contributed by atoms with Crippen LogP contribution in [0.25, 0.3) is 0 Å². The summed E-state index contributed by atoms with van der Waals surface area (Å²) in [4.78, 5) is 0. The first-order valence-electron chi connectivity index (χ1n) is 2.66. The van der Waals surface area contributed by atoms with E-state index in [0.29, 0.717) is 5.70 Å². The van der Waals surface area contributed by atoms with Crippen molar-refractivity contribution >= 4 is 12.6 Å². The van der Waals surface area contributed by atoms with Crippen LogP contribution >= 0.6 is 12.6 Å². The Hall–Kier alpha value is -0.630. The van der Waals surface area contributed by atoms with Gasteiger partial charge in [-0.3, -0.25) is 0 Å². The summed E-state index contributed by atoms with van der Waals surface area (Å²) in [6, 6.07) is 0. The van der Waals surface area contributed by atoms with E-state index in [1.165, 1.54) is 0 Å². The second-order valence-electron chi connectivity index (χ2n) is 1.54. The molecule has 1 nitrogen and oxygen atoms in total. The van der Waals surface area contributed by atoms with Gasteiger partial charge in [0.05, 0.1) is 0 Å². The Balaban J connectivity index is 3.47. The second-order valence-corrected chi connectivity index (χ2v) is 1.91. The van der Waals surface area contributed by atoms with Gasteiger partial charge in [0.25, 0.3) is 0 Å². The van der Waals surface area contributed by atoms with Crippen LogP contribution in [0, 0.1) is 0 Å². The minimum atomic E-state index is 0.568. The summed E-state index contributed by atoms with van der Waals surface area (Å²) in [6.07, 6.45) is 7.37. The lowest BCUT2D eigenvalue weighted by atomic mass is 10.4. The zero-order valence-electron chi connectivity index (χ0n) is 5.25. The third-order valence-electron chi connectivity index (χ3n) is 0.663. The Morgan fingerprint density at radius 2 is 2.22 bits per heavy atom. The van der Waals surface area contributed by atoms with Gasteiger partial charge >= 0.3 is 0 Å². The molecule has 0 heterocycles. The maximum atomic E-state index is 5.24. The monoisotopic (exact) mass is 141 g/mol. The maximum Gasteiger partial charge on any atom is 0.0240 e. The molecule has 0 saturated heterocycles. The summed E-state index contributed by atoms with van der Waals surface area (Å²) in [5, 5.41) is 0. The summed E-state index contributed by atoms with van der Waals surface area (Å²) >= 11 is 3.97. The van der Waals surface area contributed by atoms with Crippen LogP contribution in [0.15, 0.2) is 36.6 Å². The summed E-state index contributed by atoms with van der Waals surface area (Å²) < 4.78 is 0. The van der Waals surface area contributed by atoms with Crippen LogP contribution in [0.3, 0.4) is 0 Å². The van der Waals surface area contributed by atoms with E-state index >= 15 is 0 Å². The zero-order chi connectivity index (χ0) is 7.11. The predicted octanol–water partition coefficient (Wildman–Crippen LogP) is 1.50. The first-order valence-corrected chi connectivity index (χ1v) is 3.29. The van der Waals surface area contributed by atoms with Gasteiger partial charge in [0.1, 0.15) is 0 Å². The van der Waals surface area contributed by atoms with Crippen LogP contribution in [-0.2, 0) is 0 Å². The van der Waals surface area contributed by atoms with E-state index in [1.807, 2.05) is 18.2 Å². The summed E-state index contributed by atoms with van der Waals surface area (Å²) in [5.74, 6) is 0.751. The highest BCUT2D eigenvalue weighted by Gasteiger charge is 1.68. The van der Waals surface area contributed by atoms with Gasteiger partial charge in [0.15, 0.2) is 0 Å². The topological polar surface area (TPSA) is 26.0 Å². The molecule has 9 heavy (non-hydrogen) atoms. The molecular weight excluding hydrogens is 130 g/mol. The van der Waals surface area contributed by atoms with Crippen molar-refractivity contribution in [3.05, 3.63) is 36.6 Å². The Bertz CT molecular complexity index is 136. The van der Waals surface area contributed by atoms with E-state index in [1.54, 1.807) is 6.08 Å². The molecule has 2 N–H and O–H groups in total. The van der Waals surface area contributed by atoms with Gasteiger partial charge in [-0.15, -0.1) is 0 Å². The molecule has 0 unspecified atom stereocenters. The predicted molar refractivity (Wildman–Crippen MR) is 45.5 cm³/mol. The van der Waals surface area contributed by atoms with Crippen molar-refractivity contribution in [3.63, 3.8) is 0 Å². The summed E-state index contributed by atoms with van der Waals surface area (Å²) in [6.45, 7) is 3.49. The van der Waals surface area contributed by atoms with E-state index in [0.717, 1.165) is 5.75 Å². The molecule has 0 aromatic heterocycles. The van der Waals surface area contributed by atoms with E-state index in [9.17, 15) is 0 Å². The lowest BCUT2D eigenvalue weighted by molar-refractivity contribution is 1.45. The highest BCUT2D eigenvalue weighted by Crippen LogP contribution is 1.83.